The van der Waals surface area contributed by atoms with Gasteiger partial charge in [-0.3, -0.25) is 19.3 Å². The number of carbonyl (C=O) groups is 4. The highest BCUT2D eigenvalue weighted by atomic mass is 16.6. The van der Waals surface area contributed by atoms with Crippen molar-refractivity contribution in [2.75, 3.05) is 18.1 Å². The summed E-state index contributed by atoms with van der Waals surface area (Å²) in [5.41, 5.74) is -0.00516. The minimum atomic E-state index is -2.15. The van der Waals surface area contributed by atoms with Gasteiger partial charge in [-0.15, -0.1) is 0 Å². The summed E-state index contributed by atoms with van der Waals surface area (Å²) in [6.07, 6.45) is 3.70. The molecule has 0 aromatic heterocycles. The molecule has 4 N–H and O–H groups in total. The minimum absolute atomic E-state index is 0.0267. The number of nitrogens with zero attached hydrogens (tertiary/aromatic N) is 2. The number of aliphatic carboxylic acids is 1. The van der Waals surface area contributed by atoms with Crippen molar-refractivity contribution in [2.45, 2.75) is 86.7 Å². The summed E-state index contributed by atoms with van der Waals surface area (Å²) in [7, 11) is 0. The maximum Gasteiger partial charge on any atom is 0.329 e. The fourth-order valence-corrected chi connectivity index (χ4v) is 10.6. The van der Waals surface area contributed by atoms with E-state index in [-0.39, 0.29) is 24.5 Å². The van der Waals surface area contributed by atoms with Crippen LogP contribution in [0, 0.1) is 17.8 Å². The molecule has 1 saturated carbocycles. The second-order valence-corrected chi connectivity index (χ2v) is 17.4. The van der Waals surface area contributed by atoms with Crippen molar-refractivity contribution in [3.8, 4) is 17.6 Å². The minimum Gasteiger partial charge on any atom is -0.491 e. The van der Waals surface area contributed by atoms with Crippen LogP contribution in [0.4, 0.5) is 10.5 Å². The number of benzene rings is 5. The molecule has 1 aliphatic carbocycles. The number of carbonyl (C=O) groups excluding carboxylic acids is 3. The number of rotatable bonds is 9. The smallest absolute Gasteiger partial charge is 0.329 e. The zero-order valence-corrected chi connectivity index (χ0v) is 36.0. The number of fused-ring (bicyclic) bond motifs is 3. The average molecular weight is 874 g/mol. The number of ether oxygens (including phenoxy) is 2. The standard InChI is InChI=1S/C53H51N3O9/c1-34(36-15-7-4-8-16-36)54-51(62)55-42-26-21-35(27-30-52(63)28-13-2-3-14-29-52)33-41(42)53(50(55)61)43(48(58)59)45-49(60)65-46(38-19-11-6-12-20-38)44(37-17-9-5-10-18-37)56(45)47(53)39-22-24-40(25-23-39)64-32-31-57/h4-12,15-26,33-34,43-47,57,63H,2-3,13-14,28-29,31-32H2,1H3,(H,54,62)(H,58,59)/t34-,43+,44+,45+,46-,47-,53+/m1/s1. The fraction of sp³-hybridized carbons (Fsp3) is 0.321. The number of hydrogen-bond donors (Lipinski definition) is 4. The zero-order chi connectivity index (χ0) is 45.3. The Morgan fingerprint density at radius 1 is 0.815 bits per heavy atom. The number of morpholine rings is 1. The van der Waals surface area contributed by atoms with Crippen LogP contribution >= 0.6 is 0 Å². The molecule has 65 heavy (non-hydrogen) atoms. The van der Waals surface area contributed by atoms with E-state index >= 15 is 4.79 Å². The molecule has 7 atom stereocenters. The van der Waals surface area contributed by atoms with Gasteiger partial charge in [-0.25, -0.2) is 9.69 Å². The Morgan fingerprint density at radius 2 is 1.45 bits per heavy atom. The Labute approximate surface area is 377 Å². The van der Waals surface area contributed by atoms with Crippen LogP contribution in [0.25, 0.3) is 0 Å². The second kappa shape index (κ2) is 18.0. The third-order valence-corrected chi connectivity index (χ3v) is 13.5. The van der Waals surface area contributed by atoms with Crippen molar-refractivity contribution < 1.29 is 44.0 Å². The van der Waals surface area contributed by atoms with Crippen LogP contribution in [-0.2, 0) is 24.5 Å². The van der Waals surface area contributed by atoms with Gasteiger partial charge in [0.25, 0.3) is 0 Å². The molecule has 0 bridgehead atoms. The molecule has 332 valence electrons. The van der Waals surface area contributed by atoms with E-state index in [1.807, 2.05) is 95.9 Å². The van der Waals surface area contributed by atoms with E-state index in [4.69, 9.17) is 9.47 Å². The fourth-order valence-electron chi connectivity index (χ4n) is 10.6. The molecule has 5 aromatic carbocycles. The number of carboxylic acid groups (broad SMARTS) is 1. The van der Waals surface area contributed by atoms with Crippen LogP contribution < -0.4 is 15.0 Å². The van der Waals surface area contributed by atoms with Crippen molar-refractivity contribution in [3.63, 3.8) is 0 Å². The van der Waals surface area contributed by atoms with Gasteiger partial charge < -0.3 is 30.1 Å². The van der Waals surface area contributed by atoms with Crippen molar-refractivity contribution in [2.24, 2.45) is 5.92 Å². The SMILES string of the molecule is C[C@@H](NC(=O)N1C(=O)[C@@]2(c3cc(C#CC4(O)CCCCCC4)ccc31)[C@H](C(=O)O)[C@H]1C(=O)O[C@H](c3ccccc3)[C@H](c3ccccc3)N1[C@@H]2c1ccc(OCCO)cc1)c1ccccc1. The first-order chi connectivity index (χ1) is 31.6. The number of nitrogens with one attached hydrogen (secondary N) is 1. The highest BCUT2D eigenvalue weighted by molar-refractivity contribution is 6.24. The molecule has 0 unspecified atom stereocenters. The van der Waals surface area contributed by atoms with Crippen molar-refractivity contribution in [1.29, 1.82) is 0 Å². The maximum absolute atomic E-state index is 16.2. The molecule has 2 saturated heterocycles. The molecule has 3 amide bonds. The third kappa shape index (κ3) is 7.84. The predicted octanol–water partition coefficient (Wildman–Crippen LogP) is 7.72. The van der Waals surface area contributed by atoms with Gasteiger partial charge in [0, 0.05) is 5.56 Å². The molecular weight excluding hydrogens is 823 g/mol. The molecule has 3 fully saturated rings. The van der Waals surface area contributed by atoms with E-state index in [9.17, 15) is 29.7 Å². The molecule has 3 aliphatic heterocycles. The summed E-state index contributed by atoms with van der Waals surface area (Å²) >= 11 is 0. The number of carboxylic acids is 1. The Balaban J connectivity index is 1.30. The number of aliphatic hydroxyl groups excluding tert-OH is 1. The Hall–Kier alpha value is -6.78. The first-order valence-electron chi connectivity index (χ1n) is 22.3. The summed E-state index contributed by atoms with van der Waals surface area (Å²) in [4.78, 5) is 63.2. The van der Waals surface area contributed by atoms with Crippen LogP contribution in [0.1, 0.15) is 103 Å². The molecule has 1 spiro atoms. The van der Waals surface area contributed by atoms with Gasteiger partial charge in [0.05, 0.1) is 30.4 Å². The molecule has 12 heteroatoms. The lowest BCUT2D eigenvalue weighted by Gasteiger charge is -2.46. The number of aliphatic hydroxyl groups is 2. The van der Waals surface area contributed by atoms with Gasteiger partial charge >= 0.3 is 18.0 Å². The number of esters is 1. The largest absolute Gasteiger partial charge is 0.491 e. The lowest BCUT2D eigenvalue weighted by Crippen LogP contribution is -2.54. The number of urea groups is 1. The van der Waals surface area contributed by atoms with Gasteiger partial charge in [-0.2, -0.15) is 0 Å². The number of hydrogen-bond acceptors (Lipinski definition) is 9. The number of anilines is 1. The first-order valence-corrected chi connectivity index (χ1v) is 22.3. The molecule has 3 heterocycles. The van der Waals surface area contributed by atoms with E-state index in [2.05, 4.69) is 17.2 Å². The molecule has 5 aromatic rings. The summed E-state index contributed by atoms with van der Waals surface area (Å²) in [6, 6.07) is 34.7. The summed E-state index contributed by atoms with van der Waals surface area (Å²) < 4.78 is 12.1. The number of amides is 3. The van der Waals surface area contributed by atoms with Crippen LogP contribution in [0.3, 0.4) is 0 Å². The molecule has 12 nitrogen and oxygen atoms in total. The van der Waals surface area contributed by atoms with Crippen LogP contribution in [0.5, 0.6) is 5.75 Å². The maximum atomic E-state index is 16.2. The predicted molar refractivity (Wildman–Crippen MR) is 241 cm³/mol. The van der Waals surface area contributed by atoms with E-state index in [0.29, 0.717) is 40.8 Å². The third-order valence-electron chi connectivity index (χ3n) is 13.5. The van der Waals surface area contributed by atoms with Gasteiger partial charge in [0.2, 0.25) is 5.91 Å². The molecule has 0 radical (unpaired) electrons. The van der Waals surface area contributed by atoms with Crippen LogP contribution in [0.15, 0.2) is 133 Å². The highest BCUT2D eigenvalue weighted by Gasteiger charge is 2.76. The quantitative estimate of drug-likeness (QED) is 0.0655. The van der Waals surface area contributed by atoms with Crippen molar-refractivity contribution >= 4 is 29.6 Å². The van der Waals surface area contributed by atoms with Gasteiger partial charge in [0.1, 0.15) is 41.4 Å². The highest BCUT2D eigenvalue weighted by Crippen LogP contribution is 2.66. The lowest BCUT2D eigenvalue weighted by atomic mass is 9.65. The number of cyclic esters (lactones) is 1. The Morgan fingerprint density at radius 3 is 2.08 bits per heavy atom. The van der Waals surface area contributed by atoms with Crippen molar-refractivity contribution in [1.82, 2.24) is 10.2 Å². The van der Waals surface area contributed by atoms with E-state index in [0.717, 1.165) is 36.1 Å². The molecule has 9 rings (SSSR count). The Bertz CT molecular complexity index is 2620. The molecule has 4 aliphatic rings. The van der Waals surface area contributed by atoms with Crippen LogP contribution in [0.2, 0.25) is 0 Å². The average Bonchev–Trinajstić information content (AvgIpc) is 3.67. The van der Waals surface area contributed by atoms with E-state index < -0.39 is 71.1 Å². The van der Waals surface area contributed by atoms with Gasteiger partial charge in [0.15, 0.2) is 0 Å². The summed E-state index contributed by atoms with van der Waals surface area (Å²) in [5.74, 6) is 1.82. The summed E-state index contributed by atoms with van der Waals surface area (Å²) in [6.45, 7) is 1.60. The van der Waals surface area contributed by atoms with Crippen LogP contribution in [-0.4, -0.2) is 69.0 Å². The summed E-state index contributed by atoms with van der Waals surface area (Å²) in [5, 5.41) is 35.8. The second-order valence-electron chi connectivity index (χ2n) is 17.4. The van der Waals surface area contributed by atoms with Gasteiger partial charge in [-0.1, -0.05) is 128 Å². The number of imide groups is 1. The zero-order valence-electron chi connectivity index (χ0n) is 36.0. The monoisotopic (exact) mass is 873 g/mol. The normalized spacial score (nSPS) is 25.0. The van der Waals surface area contributed by atoms with Crippen molar-refractivity contribution in [3.05, 3.63) is 167 Å². The van der Waals surface area contributed by atoms with E-state index in [1.165, 1.54) is 0 Å². The molecular formula is C53H51N3O9. The topological polar surface area (TPSA) is 166 Å². The van der Waals surface area contributed by atoms with E-state index in [1.54, 1.807) is 49.4 Å². The van der Waals surface area contributed by atoms with Gasteiger partial charge in [-0.05, 0) is 90.8 Å². The Kier molecular flexibility index (Phi) is 12.0. The first kappa shape index (κ1) is 43.5. The lowest BCUT2D eigenvalue weighted by molar-refractivity contribution is -0.179.